The van der Waals surface area contributed by atoms with Gasteiger partial charge in [0, 0.05) is 0 Å². The number of hydrogen-bond acceptors (Lipinski definition) is 30. The van der Waals surface area contributed by atoms with Gasteiger partial charge >= 0.3 is 0 Å². The van der Waals surface area contributed by atoms with Gasteiger partial charge in [-0.15, -0.1) is 0 Å². The molecule has 0 amide bonds. The Kier molecular flexibility index (Phi) is 140. The Morgan fingerprint density at radius 2 is 0.128 bits per heavy atom. The number of rotatable bonds is 30. The molecule has 780 valence electrons. The van der Waals surface area contributed by atoms with Crippen molar-refractivity contribution in [1.29, 1.82) is 0 Å². The number of nitrogens with zero attached hydrogens (tertiary/aromatic N) is 15. The van der Waals surface area contributed by atoms with E-state index in [2.05, 4.69) is 317 Å². The first kappa shape index (κ1) is 173. The van der Waals surface area contributed by atoms with Crippen molar-refractivity contribution in [2.24, 2.45) is 0 Å². The Balaban J connectivity index is -0.0000000517. The van der Waals surface area contributed by atoms with E-state index in [0.717, 1.165) is 165 Å². The molecule has 45 nitrogen and oxygen atoms in total. The lowest BCUT2D eigenvalue weighted by atomic mass is 10.3. The third-order valence-electron chi connectivity index (χ3n) is 11.6. The Hall–Kier alpha value is -1.48. The number of aliphatic hydroxyl groups excluding tert-OH is 15. The number of quaternary nitrogens is 15. The SMILES string of the molecule is C[N+](C)(C)CCO.C[N+](C)(C)CCO.C[N+](C)(C)CCO.C[N+](C)(C)CCO.C[N+](C)(C)CCO.C[N+](C)(C)CCO.C[N+](C)(C)CCO.C[N+](C)(C)CCO.C[N+](C)(C)CCO.C[N+](C)(C)CCO.C[N+](C)(C)CCO.C[N+](C)(C)CCO.C[N+](C)(C)CCO.C[N+](C)(C)CCO.C[N+](C)(C)CCO.[O-]B([O-])[O-].[O-]B([O-])[O-].[O-]B([O-])[O-].[O-]B([O-])[O-].[O-]B([O-])[O-]. The van der Waals surface area contributed by atoms with Crippen LogP contribution in [0, 0.1) is 0 Å². The van der Waals surface area contributed by atoms with E-state index in [-0.39, 0.29) is 99.1 Å². The minimum Gasteiger partial charge on any atom is -0.907 e. The molecule has 0 radical (unpaired) electrons. The molecule has 0 unspecified atom stereocenters. The van der Waals surface area contributed by atoms with E-state index in [4.69, 9.17) is 152 Å². The van der Waals surface area contributed by atoms with E-state index < -0.39 is 36.6 Å². The van der Waals surface area contributed by atoms with Crippen LogP contribution in [0.3, 0.4) is 0 Å². The van der Waals surface area contributed by atoms with Gasteiger partial charge in [0.05, 0.1) is 416 Å². The monoisotopic (exact) mass is 1860 g/mol. The van der Waals surface area contributed by atoms with Crippen molar-refractivity contribution < 1.29 is 219 Å². The molecule has 0 saturated carbocycles. The van der Waals surface area contributed by atoms with Gasteiger partial charge in [-0.05, 0) is 0 Å². The highest BCUT2D eigenvalue weighted by molar-refractivity contribution is 6.24. The first-order valence-corrected chi connectivity index (χ1v) is 40.6. The molecule has 0 aliphatic carbocycles. The zero-order chi connectivity index (χ0) is 107. The number of hydrogen-bond donors (Lipinski definition) is 15. The van der Waals surface area contributed by atoms with E-state index in [9.17, 15) is 0 Å². The third kappa shape index (κ3) is 520. The second-order valence-electron chi connectivity index (χ2n) is 42.5. The van der Waals surface area contributed by atoms with Crippen LogP contribution in [0.4, 0.5) is 0 Å². The highest BCUT2D eigenvalue weighted by atomic mass is 16.5. The van der Waals surface area contributed by atoms with Gasteiger partial charge in [0.25, 0.3) is 0 Å². The van der Waals surface area contributed by atoms with Crippen LogP contribution < -0.4 is 75.4 Å². The predicted molar refractivity (Wildman–Crippen MR) is 479 cm³/mol. The van der Waals surface area contributed by atoms with Crippen LogP contribution in [-0.2, 0) is 0 Å². The first-order valence-electron chi connectivity index (χ1n) is 40.6. The van der Waals surface area contributed by atoms with Crippen LogP contribution in [0.1, 0.15) is 0 Å². The topological polar surface area (TPSA) is 649 Å². The van der Waals surface area contributed by atoms with Gasteiger partial charge in [0.1, 0.15) is 98.2 Å². The smallest absolute Gasteiger partial charge is 0.101 e. The fourth-order valence-corrected chi connectivity index (χ4v) is 4.50. The summed E-state index contributed by atoms with van der Waals surface area (Å²) in [5.74, 6) is 0. The molecule has 0 saturated heterocycles. The van der Waals surface area contributed by atoms with Gasteiger partial charge in [-0.2, -0.15) is 0 Å². The third-order valence-corrected chi connectivity index (χ3v) is 11.6. The van der Waals surface area contributed by atoms with E-state index >= 15 is 0 Å². The summed E-state index contributed by atoms with van der Waals surface area (Å²) in [5, 5.41) is 252. The fourth-order valence-electron chi connectivity index (χ4n) is 4.50. The van der Waals surface area contributed by atoms with E-state index in [1.807, 2.05) is 0 Å². The van der Waals surface area contributed by atoms with Crippen molar-refractivity contribution in [3.8, 4) is 0 Å². The Bertz CT molecular complexity index is 1430. The lowest BCUT2D eigenvalue weighted by Gasteiger charge is -2.35. The maximum Gasteiger partial charge on any atom is 0.101 e. The quantitative estimate of drug-likeness (QED) is 0.0235. The summed E-state index contributed by atoms with van der Waals surface area (Å²) in [5.41, 5.74) is 0. The van der Waals surface area contributed by atoms with Crippen LogP contribution >= 0.6 is 0 Å². The highest BCUT2D eigenvalue weighted by Crippen LogP contribution is 1.93. The molecule has 0 fully saturated rings. The van der Waals surface area contributed by atoms with Gasteiger partial charge in [0.15, 0.2) is 0 Å². The largest absolute Gasteiger partial charge is 0.907 e. The molecular formula is C75H210B5N15O30. The Morgan fingerprint density at radius 1 is 0.104 bits per heavy atom. The average molecular weight is 1860 g/mol. The molecule has 0 atom stereocenters. The lowest BCUT2D eigenvalue weighted by Crippen LogP contribution is -2.56. The molecule has 15 N–H and O–H groups in total. The van der Waals surface area contributed by atoms with E-state index in [0.29, 0.717) is 0 Å². The van der Waals surface area contributed by atoms with Crippen LogP contribution in [0.25, 0.3) is 0 Å². The van der Waals surface area contributed by atoms with Crippen LogP contribution in [-0.4, -0.2) is 695 Å². The van der Waals surface area contributed by atoms with Crippen molar-refractivity contribution in [1.82, 2.24) is 0 Å². The maximum atomic E-state index is 8.42. The molecule has 0 heterocycles. The van der Waals surface area contributed by atoms with Crippen molar-refractivity contribution >= 4 is 36.6 Å². The van der Waals surface area contributed by atoms with E-state index in [1.54, 1.807) is 0 Å². The summed E-state index contributed by atoms with van der Waals surface area (Å²) in [4.78, 5) is 0. The van der Waals surface area contributed by atoms with Crippen molar-refractivity contribution in [2.45, 2.75) is 0 Å². The minimum absolute atomic E-state index is 0.281. The average Bonchev–Trinajstić information content (AvgIpc) is 1.16. The van der Waals surface area contributed by atoms with Gasteiger partial charge in [-0.25, -0.2) is 0 Å². The first-order chi connectivity index (χ1) is 54.6. The summed E-state index contributed by atoms with van der Waals surface area (Å²) < 4.78 is 12.7. The predicted octanol–water partition coefficient (Wildman–Crippen LogP) is -24.5. The number of aliphatic hydroxyl groups is 15. The highest BCUT2D eigenvalue weighted by Gasteiger charge is 2.10. The fraction of sp³-hybridized carbons (Fsp3) is 1.00. The standard InChI is InChI=1S/15C5H14NO.5BO3/c15*1-6(2,3)4-5-7;5*2-1(3)4/h15*7H,4-5H2,1-3H3;;;;;/q15*+1;5*-3. The van der Waals surface area contributed by atoms with Gasteiger partial charge in [-0.3, -0.25) is 36.6 Å². The Morgan fingerprint density at radius 3 is 0.128 bits per heavy atom. The molecule has 0 aromatic heterocycles. The second kappa shape index (κ2) is 101. The maximum absolute atomic E-state index is 8.42. The zero-order valence-corrected chi connectivity index (χ0v) is 88.6. The summed E-state index contributed by atoms with van der Waals surface area (Å²) in [6.07, 6.45) is 0. The van der Waals surface area contributed by atoms with Gasteiger partial charge in [-0.1, -0.05) is 0 Å². The van der Waals surface area contributed by atoms with Gasteiger partial charge in [0.2, 0.25) is 0 Å². The summed E-state index contributed by atoms with van der Waals surface area (Å²) in [7, 11) is 77.7. The molecule has 0 aliphatic heterocycles. The van der Waals surface area contributed by atoms with E-state index in [1.165, 1.54) is 0 Å². The van der Waals surface area contributed by atoms with Crippen molar-refractivity contribution in [3.05, 3.63) is 0 Å². The Labute approximate surface area is 767 Å². The molecule has 0 rings (SSSR count). The molecule has 0 aliphatic rings. The van der Waals surface area contributed by atoms with Crippen LogP contribution in [0.5, 0.6) is 0 Å². The normalized spacial score (nSPS) is 11.2. The molecule has 125 heavy (non-hydrogen) atoms. The van der Waals surface area contributed by atoms with Crippen molar-refractivity contribution in [2.75, 3.05) is 514 Å². The molecule has 0 aromatic rings. The molecule has 50 heteroatoms. The molecule has 0 spiro atoms. The van der Waals surface area contributed by atoms with Gasteiger partial charge < -0.3 is 219 Å². The zero-order valence-electron chi connectivity index (χ0n) is 88.6. The molecule has 0 bridgehead atoms. The summed E-state index contributed by atoms with van der Waals surface area (Å²) in [6.45, 7) is 16.7. The van der Waals surface area contributed by atoms with Crippen LogP contribution in [0.15, 0.2) is 0 Å². The van der Waals surface area contributed by atoms with Crippen molar-refractivity contribution in [3.63, 3.8) is 0 Å². The minimum atomic E-state index is -2.92. The summed E-state index contributed by atoms with van der Waals surface area (Å²) >= 11 is 0. The molecule has 0 aromatic carbocycles. The second-order valence-corrected chi connectivity index (χ2v) is 42.5. The summed E-state index contributed by atoms with van der Waals surface area (Å²) in [6, 6.07) is 0. The number of likely N-dealkylation sites (N-methyl/N-ethyl adjacent to an activating group) is 15. The van der Waals surface area contributed by atoms with Crippen LogP contribution in [0.2, 0.25) is 0 Å². The lowest BCUT2D eigenvalue weighted by molar-refractivity contribution is -0.870. The molecular weight excluding hydrogens is 1640 g/mol.